The minimum atomic E-state index is -2.82. The molecule has 0 bridgehead atoms. The first-order valence-corrected chi connectivity index (χ1v) is 3.80. The van der Waals surface area contributed by atoms with Gasteiger partial charge in [0.1, 0.15) is 0 Å². The summed E-state index contributed by atoms with van der Waals surface area (Å²) >= 11 is 0. The number of carbonyl (C=O) groups excluding carboxylic acids is 1. The zero-order valence-corrected chi connectivity index (χ0v) is 6.89. The fourth-order valence-electron chi connectivity index (χ4n) is 1.38. The third-order valence-electron chi connectivity index (χ3n) is 1.88. The van der Waals surface area contributed by atoms with E-state index in [9.17, 15) is 13.6 Å². The maximum atomic E-state index is 12.8. The Bertz CT molecular complexity index is 196. The molecule has 1 heterocycles. The fourth-order valence-corrected chi connectivity index (χ4v) is 1.38. The number of nitrogens with two attached hydrogens (primary N) is 1. The van der Waals surface area contributed by atoms with Gasteiger partial charge in [-0.3, -0.25) is 4.79 Å². The average Bonchev–Trinajstić information content (AvgIpc) is 1.82. The van der Waals surface area contributed by atoms with Gasteiger partial charge in [-0.25, -0.2) is 8.78 Å². The third kappa shape index (κ3) is 2.14. The molecule has 0 aromatic carbocycles. The van der Waals surface area contributed by atoms with Crippen molar-refractivity contribution in [1.82, 2.24) is 4.90 Å². The van der Waals surface area contributed by atoms with Crippen molar-refractivity contribution in [3.8, 4) is 0 Å². The van der Waals surface area contributed by atoms with Crippen molar-refractivity contribution >= 4 is 5.91 Å². The van der Waals surface area contributed by atoms with Crippen molar-refractivity contribution in [1.29, 1.82) is 0 Å². The number of hydrogen-bond donors (Lipinski definition) is 1. The number of halogens is 2. The Kier molecular flexibility index (Phi) is 2.32. The highest BCUT2D eigenvalue weighted by molar-refractivity contribution is 5.73. The Labute approximate surface area is 69.5 Å². The fraction of sp³-hybridized carbons (Fsp3) is 0.857. The van der Waals surface area contributed by atoms with Crippen LogP contribution >= 0.6 is 0 Å². The third-order valence-corrected chi connectivity index (χ3v) is 1.88. The number of carbonyl (C=O) groups is 1. The Morgan fingerprint density at radius 1 is 1.67 bits per heavy atom. The van der Waals surface area contributed by atoms with Crippen LogP contribution in [0.15, 0.2) is 0 Å². The topological polar surface area (TPSA) is 46.3 Å². The first-order valence-electron chi connectivity index (χ1n) is 3.80. The van der Waals surface area contributed by atoms with Gasteiger partial charge in [0.2, 0.25) is 5.91 Å². The van der Waals surface area contributed by atoms with Crippen LogP contribution in [0.1, 0.15) is 13.3 Å². The molecule has 70 valence electrons. The second-order valence-electron chi connectivity index (χ2n) is 3.22. The van der Waals surface area contributed by atoms with Gasteiger partial charge in [-0.05, 0) is 0 Å². The molecule has 0 unspecified atom stereocenters. The van der Waals surface area contributed by atoms with Crippen LogP contribution in [0.2, 0.25) is 0 Å². The molecule has 0 radical (unpaired) electrons. The highest BCUT2D eigenvalue weighted by Crippen LogP contribution is 2.25. The van der Waals surface area contributed by atoms with E-state index >= 15 is 0 Å². The summed E-state index contributed by atoms with van der Waals surface area (Å²) in [6, 6.07) is -0.599. The van der Waals surface area contributed by atoms with Crippen molar-refractivity contribution in [2.24, 2.45) is 5.73 Å². The van der Waals surface area contributed by atoms with E-state index in [1.54, 1.807) is 0 Å². The molecule has 1 aliphatic heterocycles. The van der Waals surface area contributed by atoms with Gasteiger partial charge >= 0.3 is 0 Å². The highest BCUT2D eigenvalue weighted by atomic mass is 19.3. The van der Waals surface area contributed by atoms with E-state index in [0.717, 1.165) is 4.90 Å². The SMILES string of the molecule is CC(=O)N1C[C@H](N)CC(F)(F)C1. The van der Waals surface area contributed by atoms with Crippen LogP contribution in [0.25, 0.3) is 0 Å². The van der Waals surface area contributed by atoms with Crippen molar-refractivity contribution in [2.75, 3.05) is 13.1 Å². The zero-order chi connectivity index (χ0) is 9.35. The second-order valence-corrected chi connectivity index (χ2v) is 3.22. The Morgan fingerprint density at radius 2 is 2.25 bits per heavy atom. The number of rotatable bonds is 0. The maximum Gasteiger partial charge on any atom is 0.266 e. The molecule has 1 atom stereocenters. The van der Waals surface area contributed by atoms with E-state index in [1.807, 2.05) is 0 Å². The molecule has 3 nitrogen and oxygen atoms in total. The predicted octanol–water partition coefficient (Wildman–Crippen LogP) is 0.201. The van der Waals surface area contributed by atoms with Crippen LogP contribution in [0, 0.1) is 0 Å². The molecular weight excluding hydrogens is 166 g/mol. The molecule has 1 saturated heterocycles. The van der Waals surface area contributed by atoms with Crippen LogP contribution in [-0.2, 0) is 4.79 Å². The minimum Gasteiger partial charge on any atom is -0.335 e. The van der Waals surface area contributed by atoms with E-state index in [1.165, 1.54) is 6.92 Å². The molecule has 12 heavy (non-hydrogen) atoms. The standard InChI is InChI=1S/C7H12F2N2O/c1-5(12)11-3-6(10)2-7(8,9)4-11/h6H,2-4,10H2,1H3/t6-/m1/s1. The van der Waals surface area contributed by atoms with Crippen LogP contribution in [0.3, 0.4) is 0 Å². The van der Waals surface area contributed by atoms with E-state index in [4.69, 9.17) is 5.73 Å². The molecule has 1 amide bonds. The molecule has 1 aliphatic rings. The normalized spacial score (nSPS) is 28.7. The van der Waals surface area contributed by atoms with Gasteiger partial charge in [0.25, 0.3) is 5.92 Å². The lowest BCUT2D eigenvalue weighted by atomic mass is 10.0. The van der Waals surface area contributed by atoms with E-state index < -0.39 is 18.5 Å². The van der Waals surface area contributed by atoms with Crippen LogP contribution < -0.4 is 5.73 Å². The molecule has 2 N–H and O–H groups in total. The minimum absolute atomic E-state index is 0.241. The monoisotopic (exact) mass is 178 g/mol. The first-order chi connectivity index (χ1) is 5.41. The van der Waals surface area contributed by atoms with Crippen molar-refractivity contribution in [2.45, 2.75) is 25.3 Å². The molecule has 0 aromatic rings. The van der Waals surface area contributed by atoms with Gasteiger partial charge in [-0.2, -0.15) is 0 Å². The summed E-state index contributed by atoms with van der Waals surface area (Å²) < 4.78 is 25.6. The van der Waals surface area contributed by atoms with Gasteiger partial charge < -0.3 is 10.6 Å². The van der Waals surface area contributed by atoms with Gasteiger partial charge in [0, 0.05) is 25.9 Å². The second kappa shape index (κ2) is 2.97. The van der Waals surface area contributed by atoms with Gasteiger partial charge in [0.05, 0.1) is 6.54 Å². The lowest BCUT2D eigenvalue weighted by Crippen LogP contribution is -2.53. The molecule has 0 aromatic heterocycles. The molecule has 1 rings (SSSR count). The van der Waals surface area contributed by atoms with Crippen LogP contribution in [-0.4, -0.2) is 35.9 Å². The van der Waals surface area contributed by atoms with Crippen molar-refractivity contribution in [3.63, 3.8) is 0 Å². The van der Waals surface area contributed by atoms with Crippen molar-refractivity contribution in [3.05, 3.63) is 0 Å². The van der Waals surface area contributed by atoms with E-state index in [0.29, 0.717) is 0 Å². The van der Waals surface area contributed by atoms with Gasteiger partial charge in [0.15, 0.2) is 0 Å². The van der Waals surface area contributed by atoms with E-state index in [-0.39, 0.29) is 18.9 Å². The molecule has 0 aliphatic carbocycles. The molecule has 1 fully saturated rings. The number of likely N-dealkylation sites (tertiary alicyclic amines) is 1. The van der Waals surface area contributed by atoms with E-state index in [2.05, 4.69) is 0 Å². The smallest absolute Gasteiger partial charge is 0.266 e. The quantitative estimate of drug-likeness (QED) is 0.576. The lowest BCUT2D eigenvalue weighted by Gasteiger charge is -2.35. The summed E-state index contributed by atoms with van der Waals surface area (Å²) in [6.45, 7) is 1.02. The maximum absolute atomic E-state index is 12.8. The highest BCUT2D eigenvalue weighted by Gasteiger charge is 2.39. The Balaban J connectivity index is 2.64. The molecule has 0 spiro atoms. The molecule has 5 heteroatoms. The van der Waals surface area contributed by atoms with Crippen molar-refractivity contribution < 1.29 is 13.6 Å². The summed E-state index contributed by atoms with van der Waals surface area (Å²) in [6.07, 6.45) is -0.323. The number of hydrogen-bond acceptors (Lipinski definition) is 2. The number of alkyl halides is 2. The molecular formula is C7H12F2N2O. The van der Waals surface area contributed by atoms with Crippen LogP contribution in [0.5, 0.6) is 0 Å². The largest absolute Gasteiger partial charge is 0.335 e. The number of amides is 1. The van der Waals surface area contributed by atoms with Gasteiger partial charge in [-0.15, -0.1) is 0 Å². The Morgan fingerprint density at radius 3 is 2.67 bits per heavy atom. The summed E-state index contributed by atoms with van der Waals surface area (Å²) in [5.74, 6) is -3.16. The summed E-state index contributed by atoms with van der Waals surface area (Å²) in [5, 5.41) is 0. The summed E-state index contributed by atoms with van der Waals surface area (Å²) in [5.41, 5.74) is 5.36. The Hall–Kier alpha value is -0.710. The molecule has 0 saturated carbocycles. The number of piperidine rings is 1. The summed E-state index contributed by atoms with van der Waals surface area (Å²) in [7, 11) is 0. The summed E-state index contributed by atoms with van der Waals surface area (Å²) in [4.78, 5) is 11.9. The van der Waals surface area contributed by atoms with Gasteiger partial charge in [-0.1, -0.05) is 0 Å². The lowest BCUT2D eigenvalue weighted by molar-refractivity contribution is -0.140. The number of nitrogens with zero attached hydrogens (tertiary/aromatic N) is 1. The first kappa shape index (κ1) is 9.38. The predicted molar refractivity (Wildman–Crippen MR) is 39.8 cm³/mol. The van der Waals surface area contributed by atoms with Crippen LogP contribution in [0.4, 0.5) is 8.78 Å². The zero-order valence-electron chi connectivity index (χ0n) is 6.89. The average molecular weight is 178 g/mol.